The molecule has 0 unspecified atom stereocenters. The second-order valence-corrected chi connectivity index (χ2v) is 9.53. The van der Waals surface area contributed by atoms with E-state index in [1.807, 2.05) is 35.5 Å². The monoisotopic (exact) mass is 475 g/mol. The van der Waals surface area contributed by atoms with Gasteiger partial charge in [-0.15, -0.1) is 0 Å². The molecule has 2 aliphatic heterocycles. The lowest BCUT2D eigenvalue weighted by Crippen LogP contribution is -2.61. The van der Waals surface area contributed by atoms with E-state index >= 15 is 0 Å². The molecule has 0 saturated carbocycles. The maximum absolute atomic E-state index is 12.2. The first-order valence-electron chi connectivity index (χ1n) is 12.1. The van der Waals surface area contributed by atoms with Gasteiger partial charge in [-0.3, -0.25) is 24.2 Å². The van der Waals surface area contributed by atoms with E-state index in [9.17, 15) is 4.79 Å². The third-order valence-corrected chi connectivity index (χ3v) is 7.05. The number of likely N-dealkylation sites (tertiary alicyclic amines) is 1. The van der Waals surface area contributed by atoms with E-state index in [2.05, 4.69) is 25.3 Å². The van der Waals surface area contributed by atoms with Crippen LogP contribution in [0.5, 0.6) is 0 Å². The minimum atomic E-state index is -0.497. The summed E-state index contributed by atoms with van der Waals surface area (Å²) in [5.74, 6) is 0.605. The van der Waals surface area contributed by atoms with Crippen molar-refractivity contribution in [1.29, 1.82) is 0 Å². The van der Waals surface area contributed by atoms with Gasteiger partial charge in [0.05, 0.1) is 29.6 Å². The van der Waals surface area contributed by atoms with Gasteiger partial charge in [-0.25, -0.2) is 4.98 Å². The van der Waals surface area contributed by atoms with E-state index in [0.717, 1.165) is 66.9 Å². The van der Waals surface area contributed by atoms with Crippen molar-refractivity contribution in [3.8, 4) is 22.9 Å². The zero-order valence-electron chi connectivity index (χ0n) is 20.0. The molecule has 0 bridgehead atoms. The molecule has 1 spiro atoms. The molecule has 3 aromatic heterocycles. The molecule has 0 radical (unpaired) electrons. The number of primary amides is 1. The molecule has 4 aromatic rings. The number of aromatic nitrogens is 7. The van der Waals surface area contributed by atoms with Crippen LogP contribution >= 0.6 is 0 Å². The topological polar surface area (TPSA) is 133 Å². The molecule has 6 rings (SSSR count). The Balaban J connectivity index is 1.30. The molecule has 11 heteroatoms. The van der Waals surface area contributed by atoms with Gasteiger partial charge in [0.15, 0.2) is 11.6 Å². The average Bonchev–Trinajstić information content (AvgIpc) is 3.61. The summed E-state index contributed by atoms with van der Waals surface area (Å²) in [7, 11) is 0. The van der Waals surface area contributed by atoms with Crippen molar-refractivity contribution in [3.63, 3.8) is 0 Å². The minimum Gasteiger partial charge on any atom is -0.372 e. The highest BCUT2D eigenvalue weighted by Crippen LogP contribution is 2.35. The fourth-order valence-corrected chi connectivity index (χ4v) is 5.32. The zero-order valence-corrected chi connectivity index (χ0v) is 20.0. The van der Waals surface area contributed by atoms with Crippen LogP contribution in [-0.4, -0.2) is 77.4 Å². The molecule has 5 heterocycles. The van der Waals surface area contributed by atoms with Crippen LogP contribution in [0.15, 0.2) is 24.4 Å². The summed E-state index contributed by atoms with van der Waals surface area (Å²) in [6.45, 7) is 9.07. The van der Waals surface area contributed by atoms with E-state index in [1.165, 1.54) is 0 Å². The molecular formula is C24H29N9O2. The normalized spacial score (nSPS) is 17.4. The summed E-state index contributed by atoms with van der Waals surface area (Å²) >= 11 is 0. The SMILES string of the molecule is CCn1nc(C)cc1-c1n[nH]c(-c2cc(C(N)=O)cc3c2cnn3CCN2CC3(CCCO3)C2)n1. The Morgan fingerprint density at radius 2 is 2.09 bits per heavy atom. The number of aromatic amines is 1. The number of hydrogen-bond acceptors (Lipinski definition) is 7. The van der Waals surface area contributed by atoms with Gasteiger partial charge in [0.25, 0.3) is 0 Å². The fourth-order valence-electron chi connectivity index (χ4n) is 5.32. The highest BCUT2D eigenvalue weighted by Gasteiger charge is 2.45. The first-order valence-corrected chi connectivity index (χ1v) is 12.1. The quantitative estimate of drug-likeness (QED) is 0.417. The molecule has 0 aliphatic carbocycles. The minimum absolute atomic E-state index is 0.0776. The Morgan fingerprint density at radius 3 is 2.83 bits per heavy atom. The lowest BCUT2D eigenvalue weighted by molar-refractivity contribution is -0.111. The number of rotatable bonds is 7. The number of amides is 1. The zero-order chi connectivity index (χ0) is 24.2. The number of aryl methyl sites for hydroxylation is 2. The van der Waals surface area contributed by atoms with Crippen LogP contribution in [0.2, 0.25) is 0 Å². The predicted octanol–water partition coefficient (Wildman–Crippen LogP) is 1.98. The summed E-state index contributed by atoms with van der Waals surface area (Å²) < 4.78 is 9.73. The Hall–Kier alpha value is -3.57. The highest BCUT2D eigenvalue weighted by molar-refractivity contribution is 6.02. The molecule has 1 amide bonds. The van der Waals surface area contributed by atoms with Crippen molar-refractivity contribution >= 4 is 16.8 Å². The third kappa shape index (κ3) is 3.80. The van der Waals surface area contributed by atoms with Crippen LogP contribution < -0.4 is 5.73 Å². The van der Waals surface area contributed by atoms with E-state index in [1.54, 1.807) is 12.1 Å². The lowest BCUT2D eigenvalue weighted by atomic mass is 9.91. The molecule has 182 valence electrons. The maximum Gasteiger partial charge on any atom is 0.248 e. The van der Waals surface area contributed by atoms with Gasteiger partial charge in [0.1, 0.15) is 5.69 Å². The Bertz CT molecular complexity index is 1400. The van der Waals surface area contributed by atoms with Crippen LogP contribution in [-0.2, 0) is 17.8 Å². The summed E-state index contributed by atoms with van der Waals surface area (Å²) in [5, 5.41) is 17.5. The summed E-state index contributed by atoms with van der Waals surface area (Å²) in [4.78, 5) is 19.3. The van der Waals surface area contributed by atoms with Crippen molar-refractivity contribution in [2.75, 3.05) is 26.2 Å². The van der Waals surface area contributed by atoms with Gasteiger partial charge in [-0.05, 0) is 44.9 Å². The number of carbonyl (C=O) groups is 1. The van der Waals surface area contributed by atoms with E-state index in [-0.39, 0.29) is 5.60 Å². The molecule has 35 heavy (non-hydrogen) atoms. The Morgan fingerprint density at radius 1 is 1.23 bits per heavy atom. The Labute approximate surface area is 202 Å². The van der Waals surface area contributed by atoms with Crippen molar-refractivity contribution in [2.45, 2.75) is 45.4 Å². The van der Waals surface area contributed by atoms with Crippen molar-refractivity contribution in [3.05, 3.63) is 35.7 Å². The molecular weight excluding hydrogens is 446 g/mol. The number of nitrogens with two attached hydrogens (primary N) is 1. The van der Waals surface area contributed by atoms with Crippen LogP contribution in [0.1, 0.15) is 35.8 Å². The van der Waals surface area contributed by atoms with Crippen molar-refractivity contribution in [2.24, 2.45) is 5.73 Å². The molecule has 2 fully saturated rings. The van der Waals surface area contributed by atoms with Crippen molar-refractivity contribution < 1.29 is 9.53 Å². The number of ether oxygens (including phenoxy) is 1. The maximum atomic E-state index is 12.2. The molecule has 0 atom stereocenters. The molecule has 11 nitrogen and oxygen atoms in total. The number of carbonyl (C=O) groups excluding carboxylic acids is 1. The second-order valence-electron chi connectivity index (χ2n) is 9.53. The number of fused-ring (bicyclic) bond motifs is 1. The van der Waals surface area contributed by atoms with Crippen LogP contribution in [0.25, 0.3) is 33.8 Å². The smallest absolute Gasteiger partial charge is 0.248 e. The predicted molar refractivity (Wildman–Crippen MR) is 130 cm³/mol. The van der Waals surface area contributed by atoms with E-state index < -0.39 is 5.91 Å². The van der Waals surface area contributed by atoms with Gasteiger partial charge < -0.3 is 10.5 Å². The highest BCUT2D eigenvalue weighted by atomic mass is 16.5. The van der Waals surface area contributed by atoms with Gasteiger partial charge in [0.2, 0.25) is 5.91 Å². The number of H-pyrrole nitrogens is 1. The standard InChI is InChI=1S/C24H29N9O2/c1-3-32-20(9-15(2)30-32)23-27-22(28-29-23)17-10-16(21(25)34)11-19-18(17)12-26-33(19)7-6-31-13-24(14-31)5-4-8-35-24/h9-12H,3-8,13-14H2,1-2H3,(H2,25,34)(H,27,28,29). The second kappa shape index (κ2) is 8.28. The summed E-state index contributed by atoms with van der Waals surface area (Å²) in [6.07, 6.45) is 4.12. The molecule has 2 saturated heterocycles. The van der Waals surface area contributed by atoms with Gasteiger partial charge in [0, 0.05) is 49.3 Å². The molecule has 3 N–H and O–H groups in total. The molecule has 1 aromatic carbocycles. The average molecular weight is 476 g/mol. The Kier molecular flexibility index (Phi) is 5.19. The number of nitrogens with one attached hydrogen (secondary N) is 1. The fraction of sp³-hybridized carbons (Fsp3) is 0.458. The van der Waals surface area contributed by atoms with Crippen molar-refractivity contribution in [1.82, 2.24) is 39.6 Å². The first-order chi connectivity index (χ1) is 16.9. The lowest BCUT2D eigenvalue weighted by Gasteiger charge is -2.47. The van der Waals surface area contributed by atoms with Crippen LogP contribution in [0.4, 0.5) is 0 Å². The molecule has 2 aliphatic rings. The summed E-state index contributed by atoms with van der Waals surface area (Å²) in [5.41, 5.74) is 9.48. The van der Waals surface area contributed by atoms with E-state index in [4.69, 9.17) is 15.5 Å². The van der Waals surface area contributed by atoms with Gasteiger partial charge >= 0.3 is 0 Å². The number of nitrogens with zero attached hydrogens (tertiary/aromatic N) is 7. The van der Waals surface area contributed by atoms with Crippen LogP contribution in [0, 0.1) is 6.92 Å². The van der Waals surface area contributed by atoms with Gasteiger partial charge in [-0.1, -0.05) is 0 Å². The number of hydrogen-bond donors (Lipinski definition) is 2. The number of benzene rings is 1. The van der Waals surface area contributed by atoms with Gasteiger partial charge in [-0.2, -0.15) is 15.3 Å². The van der Waals surface area contributed by atoms with Crippen LogP contribution in [0.3, 0.4) is 0 Å². The largest absolute Gasteiger partial charge is 0.372 e. The third-order valence-electron chi connectivity index (χ3n) is 7.05. The first kappa shape index (κ1) is 21.9. The summed E-state index contributed by atoms with van der Waals surface area (Å²) in [6, 6.07) is 5.51. The van der Waals surface area contributed by atoms with E-state index in [0.29, 0.717) is 30.3 Å².